The van der Waals surface area contributed by atoms with E-state index in [1.165, 1.54) is 18.9 Å². The van der Waals surface area contributed by atoms with Crippen molar-refractivity contribution in [2.75, 3.05) is 26.2 Å². The largest absolute Gasteiger partial charge is 0.488 e. The van der Waals surface area contributed by atoms with Gasteiger partial charge in [0.15, 0.2) is 0 Å². The summed E-state index contributed by atoms with van der Waals surface area (Å²) in [5.41, 5.74) is 0.777. The van der Waals surface area contributed by atoms with E-state index in [0.29, 0.717) is 17.6 Å². The van der Waals surface area contributed by atoms with Crippen LogP contribution in [0, 0.1) is 0 Å². The van der Waals surface area contributed by atoms with E-state index in [4.69, 9.17) is 10.0 Å². The Bertz CT molecular complexity index is 434. The van der Waals surface area contributed by atoms with Crippen molar-refractivity contribution in [2.45, 2.75) is 12.8 Å². The molecule has 5 nitrogen and oxygen atoms in total. The number of hydrogen-bond donors (Lipinski definition) is 3. The van der Waals surface area contributed by atoms with Gasteiger partial charge in [-0.1, -0.05) is 12.1 Å². The lowest BCUT2D eigenvalue weighted by Gasteiger charge is -2.14. The lowest BCUT2D eigenvalue weighted by atomic mass is 9.79. The summed E-state index contributed by atoms with van der Waals surface area (Å²) in [5, 5.41) is 21.0. The molecule has 0 spiro atoms. The Balaban J connectivity index is 1.83. The van der Waals surface area contributed by atoms with E-state index in [-0.39, 0.29) is 5.91 Å². The highest BCUT2D eigenvalue weighted by Gasteiger charge is 2.14. The molecule has 1 saturated heterocycles. The van der Waals surface area contributed by atoms with Gasteiger partial charge in [0.1, 0.15) is 0 Å². The van der Waals surface area contributed by atoms with E-state index < -0.39 is 7.12 Å². The molecule has 0 radical (unpaired) electrons. The Morgan fingerprint density at radius 3 is 2.74 bits per heavy atom. The zero-order valence-corrected chi connectivity index (χ0v) is 10.9. The molecule has 1 aromatic rings. The van der Waals surface area contributed by atoms with Crippen LogP contribution in [0.25, 0.3) is 0 Å². The monoisotopic (exact) mass is 262 g/mol. The zero-order chi connectivity index (χ0) is 13.7. The molecule has 3 N–H and O–H groups in total. The summed E-state index contributed by atoms with van der Waals surface area (Å²) >= 11 is 0. The van der Waals surface area contributed by atoms with Gasteiger partial charge in [-0.3, -0.25) is 4.79 Å². The van der Waals surface area contributed by atoms with Crippen LogP contribution >= 0.6 is 0 Å². The molecule has 1 aliphatic heterocycles. The van der Waals surface area contributed by atoms with Gasteiger partial charge in [-0.05, 0) is 43.5 Å². The van der Waals surface area contributed by atoms with Crippen molar-refractivity contribution in [3.8, 4) is 0 Å². The summed E-state index contributed by atoms with van der Waals surface area (Å²) < 4.78 is 0. The maximum Gasteiger partial charge on any atom is 0.488 e. The smallest absolute Gasteiger partial charge is 0.423 e. The number of carbonyl (C=O) groups excluding carboxylic acids is 1. The minimum atomic E-state index is -1.54. The average molecular weight is 262 g/mol. The van der Waals surface area contributed by atoms with Crippen LogP contribution in [-0.2, 0) is 0 Å². The lowest BCUT2D eigenvalue weighted by Crippen LogP contribution is -2.35. The Morgan fingerprint density at radius 1 is 1.32 bits per heavy atom. The first-order valence-corrected chi connectivity index (χ1v) is 6.63. The summed E-state index contributed by atoms with van der Waals surface area (Å²) in [7, 11) is -1.54. The normalized spacial score (nSPS) is 15.5. The molecule has 0 aliphatic carbocycles. The molecule has 1 aliphatic rings. The van der Waals surface area contributed by atoms with E-state index in [0.717, 1.165) is 19.6 Å². The molecule has 0 bridgehead atoms. The Hall–Kier alpha value is -1.37. The summed E-state index contributed by atoms with van der Waals surface area (Å²) in [5.74, 6) is -0.179. The highest BCUT2D eigenvalue weighted by atomic mass is 16.4. The number of likely N-dealkylation sites (tertiary alicyclic amines) is 1. The van der Waals surface area contributed by atoms with Crippen LogP contribution in [0.5, 0.6) is 0 Å². The van der Waals surface area contributed by atoms with Crippen molar-refractivity contribution in [2.24, 2.45) is 0 Å². The first-order chi connectivity index (χ1) is 9.16. The van der Waals surface area contributed by atoms with Gasteiger partial charge in [0.25, 0.3) is 5.91 Å². The number of benzene rings is 1. The van der Waals surface area contributed by atoms with Crippen molar-refractivity contribution >= 4 is 18.5 Å². The predicted octanol–water partition coefficient (Wildman–Crippen LogP) is -0.808. The van der Waals surface area contributed by atoms with Gasteiger partial charge >= 0.3 is 7.12 Å². The SMILES string of the molecule is O=C(NCCN1CCCC1)c1cccc(B(O)O)c1. The van der Waals surface area contributed by atoms with Crippen LogP contribution in [0.15, 0.2) is 24.3 Å². The standard InChI is InChI=1S/C13H19BN2O3/c17-13(15-6-9-16-7-1-2-8-16)11-4-3-5-12(10-11)14(18)19/h3-5,10,18-19H,1-2,6-9H2,(H,15,17). The van der Waals surface area contributed by atoms with Gasteiger partial charge < -0.3 is 20.3 Å². The maximum atomic E-state index is 11.9. The minimum absolute atomic E-state index is 0.179. The molecular weight excluding hydrogens is 243 g/mol. The maximum absolute atomic E-state index is 11.9. The quantitative estimate of drug-likeness (QED) is 0.607. The summed E-state index contributed by atoms with van der Waals surface area (Å²) in [6.45, 7) is 3.71. The number of hydrogen-bond acceptors (Lipinski definition) is 4. The van der Waals surface area contributed by atoms with E-state index in [1.807, 2.05) is 0 Å². The molecule has 6 heteroatoms. The van der Waals surface area contributed by atoms with Gasteiger partial charge in [0.2, 0.25) is 0 Å². The molecule has 1 heterocycles. The van der Waals surface area contributed by atoms with Crippen LogP contribution in [0.4, 0.5) is 0 Å². The van der Waals surface area contributed by atoms with E-state index >= 15 is 0 Å². The summed E-state index contributed by atoms with van der Waals surface area (Å²) in [6, 6.07) is 6.38. The van der Waals surface area contributed by atoms with Crippen molar-refractivity contribution in [3.63, 3.8) is 0 Å². The van der Waals surface area contributed by atoms with Crippen LogP contribution in [-0.4, -0.2) is 54.2 Å². The molecule has 0 unspecified atom stereocenters. The van der Waals surface area contributed by atoms with Crippen molar-refractivity contribution in [1.29, 1.82) is 0 Å². The highest BCUT2D eigenvalue weighted by Crippen LogP contribution is 2.05. The van der Waals surface area contributed by atoms with Gasteiger partial charge in [-0.25, -0.2) is 0 Å². The molecule has 19 heavy (non-hydrogen) atoms. The first-order valence-electron chi connectivity index (χ1n) is 6.63. The van der Waals surface area contributed by atoms with E-state index in [1.54, 1.807) is 18.2 Å². The molecule has 0 saturated carbocycles. The third-order valence-electron chi connectivity index (χ3n) is 3.36. The molecule has 1 amide bonds. The summed E-state index contributed by atoms with van der Waals surface area (Å²) in [4.78, 5) is 14.2. The molecule has 102 valence electrons. The zero-order valence-electron chi connectivity index (χ0n) is 10.9. The van der Waals surface area contributed by atoms with Crippen molar-refractivity contribution in [3.05, 3.63) is 29.8 Å². The number of carbonyl (C=O) groups is 1. The van der Waals surface area contributed by atoms with Crippen molar-refractivity contribution in [1.82, 2.24) is 10.2 Å². The fourth-order valence-electron chi connectivity index (χ4n) is 2.28. The number of amides is 1. The molecule has 1 aromatic carbocycles. The fourth-order valence-corrected chi connectivity index (χ4v) is 2.28. The third-order valence-corrected chi connectivity index (χ3v) is 3.36. The second-order valence-corrected chi connectivity index (χ2v) is 4.80. The van der Waals surface area contributed by atoms with E-state index in [2.05, 4.69) is 10.2 Å². The van der Waals surface area contributed by atoms with Crippen molar-refractivity contribution < 1.29 is 14.8 Å². The Labute approximate surface area is 113 Å². The summed E-state index contributed by atoms with van der Waals surface area (Å²) in [6.07, 6.45) is 2.48. The molecule has 0 aromatic heterocycles. The van der Waals surface area contributed by atoms with Crippen LogP contribution in [0.3, 0.4) is 0 Å². The van der Waals surface area contributed by atoms with Crippen LogP contribution in [0.2, 0.25) is 0 Å². The van der Waals surface area contributed by atoms with Gasteiger partial charge in [-0.15, -0.1) is 0 Å². The second-order valence-electron chi connectivity index (χ2n) is 4.80. The molecular formula is C13H19BN2O3. The lowest BCUT2D eigenvalue weighted by molar-refractivity contribution is 0.0950. The van der Waals surface area contributed by atoms with Crippen LogP contribution in [0.1, 0.15) is 23.2 Å². The Kier molecular flexibility index (Phi) is 4.96. The average Bonchev–Trinajstić information content (AvgIpc) is 2.92. The highest BCUT2D eigenvalue weighted by molar-refractivity contribution is 6.58. The third kappa shape index (κ3) is 4.06. The number of nitrogens with one attached hydrogen (secondary N) is 1. The Morgan fingerprint density at radius 2 is 2.05 bits per heavy atom. The predicted molar refractivity (Wildman–Crippen MR) is 74.3 cm³/mol. The molecule has 2 rings (SSSR count). The van der Waals surface area contributed by atoms with E-state index in [9.17, 15) is 4.79 Å². The second kappa shape index (κ2) is 6.70. The topological polar surface area (TPSA) is 72.8 Å². The van der Waals surface area contributed by atoms with Gasteiger partial charge in [0, 0.05) is 18.7 Å². The molecule has 0 atom stereocenters. The van der Waals surface area contributed by atoms with Gasteiger partial charge in [0.05, 0.1) is 0 Å². The minimum Gasteiger partial charge on any atom is -0.423 e. The van der Waals surface area contributed by atoms with Crippen LogP contribution < -0.4 is 10.8 Å². The fraction of sp³-hybridized carbons (Fsp3) is 0.462. The number of nitrogens with zero attached hydrogens (tertiary/aromatic N) is 1. The number of rotatable bonds is 5. The molecule has 1 fully saturated rings. The first kappa shape index (κ1) is 14.1. The van der Waals surface area contributed by atoms with Gasteiger partial charge in [-0.2, -0.15) is 0 Å².